The summed E-state index contributed by atoms with van der Waals surface area (Å²) in [5.41, 5.74) is 0. The monoisotopic (exact) mass is 210 g/mol. The normalized spacial score (nSPS) is 22.6. The van der Waals surface area contributed by atoms with Crippen molar-refractivity contribution in [3.8, 4) is 0 Å². The van der Waals surface area contributed by atoms with Gasteiger partial charge in [-0.1, -0.05) is 0 Å². The summed E-state index contributed by atoms with van der Waals surface area (Å²) in [6.07, 6.45) is 3.87. The molecule has 3 atom stereocenters. The van der Waals surface area contributed by atoms with E-state index in [1.165, 1.54) is 19.3 Å². The summed E-state index contributed by atoms with van der Waals surface area (Å²) < 4.78 is 0.443. The van der Waals surface area contributed by atoms with Gasteiger partial charge >= 0.3 is 99.1 Å². The van der Waals surface area contributed by atoms with Crippen LogP contribution in [-0.4, -0.2) is 16.3 Å². The molecule has 0 rings (SSSR count). The maximum atomic E-state index is 3.20. The van der Waals surface area contributed by atoms with E-state index in [2.05, 4.69) is 57.8 Å². The molecule has 0 heterocycles. The molecule has 0 amide bonds. The van der Waals surface area contributed by atoms with Gasteiger partial charge in [-0.05, 0) is 0 Å². The fourth-order valence-electron chi connectivity index (χ4n) is 2.52. The molecule has 0 bridgehead atoms. The minimum atomic E-state index is 0.443. The molecule has 0 aliphatic heterocycles. The van der Waals surface area contributed by atoms with Crippen molar-refractivity contribution in [1.82, 2.24) is 0 Å². The zero-order valence-electron chi connectivity index (χ0n) is 10.9. The Labute approximate surface area is 99.3 Å². The molecule has 0 fully saturated rings. The molecule has 0 N–H and O–H groups in total. The van der Waals surface area contributed by atoms with E-state index in [9.17, 15) is 0 Å². The van der Waals surface area contributed by atoms with Crippen LogP contribution in [0.3, 0.4) is 0 Å². The number of rotatable bonds is 6. The van der Waals surface area contributed by atoms with E-state index in [-0.39, 0.29) is 0 Å². The van der Waals surface area contributed by atoms with Crippen LogP contribution in [0, 0.1) is 17.8 Å². The first-order valence-electron chi connectivity index (χ1n) is 6.23. The number of hydrogen-bond donors (Lipinski definition) is 0. The van der Waals surface area contributed by atoms with Crippen LogP contribution in [-0.2, 0) is 0 Å². The van der Waals surface area contributed by atoms with E-state index in [0.717, 1.165) is 17.8 Å². The van der Waals surface area contributed by atoms with Gasteiger partial charge in [-0.25, -0.2) is 0 Å². The molecule has 0 spiro atoms. The average molecular weight is 210 g/mol. The van der Waals surface area contributed by atoms with Crippen LogP contribution in [0.25, 0.3) is 0 Å². The second kappa shape index (κ2) is 6.19. The first-order chi connectivity index (χ1) is 6.44. The van der Waals surface area contributed by atoms with Crippen molar-refractivity contribution in [2.24, 2.45) is 17.8 Å². The Morgan fingerprint density at radius 1 is 0.786 bits per heavy atom. The zero-order valence-corrected chi connectivity index (χ0v) is 12.1. The Morgan fingerprint density at radius 2 is 1.00 bits per heavy atom. The predicted molar refractivity (Wildman–Crippen MR) is 66.8 cm³/mol. The molecule has 0 aliphatic rings. The molecule has 0 saturated carbocycles. The molecule has 0 aromatic carbocycles. The summed E-state index contributed by atoms with van der Waals surface area (Å²) in [6, 6.07) is 0. The van der Waals surface area contributed by atoms with E-state index in [1.54, 1.807) is 0 Å². The summed E-state index contributed by atoms with van der Waals surface area (Å²) in [4.78, 5) is 0. The van der Waals surface area contributed by atoms with Crippen molar-refractivity contribution in [3.63, 3.8) is 0 Å². The van der Waals surface area contributed by atoms with Gasteiger partial charge in [0.05, 0.1) is 0 Å². The Balaban J connectivity index is 4.83. The molecule has 1 heteroatoms. The second-order valence-electron chi connectivity index (χ2n) is 4.93. The summed E-state index contributed by atoms with van der Waals surface area (Å²) in [7, 11) is 0. The van der Waals surface area contributed by atoms with Gasteiger partial charge in [0.1, 0.15) is 0 Å². The summed E-state index contributed by atoms with van der Waals surface area (Å²) in [5.74, 6) is 2.41. The Bertz CT molecular complexity index is 127. The van der Waals surface area contributed by atoms with Crippen molar-refractivity contribution in [1.29, 1.82) is 0 Å². The zero-order chi connectivity index (χ0) is 11.4. The van der Waals surface area contributed by atoms with Crippen molar-refractivity contribution in [3.05, 3.63) is 0 Å². The average Bonchev–Trinajstić information content (AvgIpc) is 2.24. The van der Waals surface area contributed by atoms with Crippen LogP contribution in [0.5, 0.6) is 0 Å². The van der Waals surface area contributed by atoms with Gasteiger partial charge in [0.2, 0.25) is 0 Å². The molecule has 0 aromatic heterocycles. The van der Waals surface area contributed by atoms with Gasteiger partial charge in [0, 0.05) is 0 Å². The van der Waals surface area contributed by atoms with E-state index in [0.29, 0.717) is 4.28 Å². The van der Waals surface area contributed by atoms with E-state index in [4.69, 9.17) is 0 Å². The van der Waals surface area contributed by atoms with Crippen molar-refractivity contribution >= 4 is 16.3 Å². The summed E-state index contributed by atoms with van der Waals surface area (Å²) >= 11 is 3.20. The van der Waals surface area contributed by atoms with Gasteiger partial charge in [-0.15, -0.1) is 0 Å². The van der Waals surface area contributed by atoms with Crippen molar-refractivity contribution in [2.45, 2.75) is 65.1 Å². The molecule has 3 unspecified atom stereocenters. The molecular weight excluding hydrogens is 183 g/mol. The maximum absolute atomic E-state index is 3.20. The van der Waals surface area contributed by atoms with Crippen molar-refractivity contribution < 1.29 is 0 Å². The van der Waals surface area contributed by atoms with Crippen LogP contribution in [0.15, 0.2) is 0 Å². The Hall–Kier alpha value is 0.532. The van der Waals surface area contributed by atoms with Crippen LogP contribution in [0.4, 0.5) is 0 Å². The third kappa shape index (κ3) is 2.77. The number of hydrogen-bond acceptors (Lipinski definition) is 0. The summed E-state index contributed by atoms with van der Waals surface area (Å²) in [6.45, 7) is 14.2. The van der Waals surface area contributed by atoms with Gasteiger partial charge in [-0.3, -0.25) is 0 Å². The topological polar surface area (TPSA) is 0 Å². The quantitative estimate of drug-likeness (QED) is 0.568. The van der Waals surface area contributed by atoms with Gasteiger partial charge in [0.15, 0.2) is 0 Å². The summed E-state index contributed by atoms with van der Waals surface area (Å²) in [5, 5.41) is 0. The molecule has 0 aliphatic carbocycles. The predicted octanol–water partition coefficient (Wildman–Crippen LogP) is 4.45. The minimum absolute atomic E-state index is 0.443. The van der Waals surface area contributed by atoms with Crippen LogP contribution < -0.4 is 0 Å². The first kappa shape index (κ1) is 14.5. The SMILES string of the molecule is CCC(C)[C]([Al+2])(C(C)CC)C(C)CC. The van der Waals surface area contributed by atoms with E-state index < -0.39 is 0 Å². The molecule has 0 saturated heterocycles. The Kier molecular flexibility index (Phi) is 6.42. The van der Waals surface area contributed by atoms with Gasteiger partial charge in [0.25, 0.3) is 0 Å². The standard InChI is InChI=1S/C13H27.Al/c1-7-10(4)13(11(5)8-2)12(6)9-3;/h10-12H,7-9H2,1-6H3;/q;+2. The van der Waals surface area contributed by atoms with Crippen molar-refractivity contribution in [2.75, 3.05) is 0 Å². The molecule has 0 aromatic rings. The molecular formula is C13H27Al+2. The molecule has 80 valence electrons. The van der Waals surface area contributed by atoms with E-state index in [1.807, 2.05) is 0 Å². The third-order valence-electron chi connectivity index (χ3n) is 4.40. The van der Waals surface area contributed by atoms with Crippen LogP contribution in [0.2, 0.25) is 4.28 Å². The fraction of sp³-hybridized carbons (Fsp3) is 1.00. The molecule has 0 nitrogen and oxygen atoms in total. The Morgan fingerprint density at radius 3 is 1.14 bits per heavy atom. The third-order valence-corrected chi connectivity index (χ3v) is 6.10. The molecule has 14 heavy (non-hydrogen) atoms. The van der Waals surface area contributed by atoms with Gasteiger partial charge < -0.3 is 0 Å². The second-order valence-corrected chi connectivity index (χ2v) is 5.93. The molecule has 0 radical (unpaired) electrons. The van der Waals surface area contributed by atoms with Crippen LogP contribution in [0.1, 0.15) is 60.8 Å². The van der Waals surface area contributed by atoms with E-state index >= 15 is 0 Å². The van der Waals surface area contributed by atoms with Gasteiger partial charge in [-0.2, -0.15) is 0 Å². The fourth-order valence-corrected chi connectivity index (χ4v) is 3.22. The van der Waals surface area contributed by atoms with Crippen LogP contribution >= 0.6 is 0 Å². The first-order valence-corrected chi connectivity index (χ1v) is 6.81.